The molecule has 0 spiro atoms. The summed E-state index contributed by atoms with van der Waals surface area (Å²) in [6.07, 6.45) is 3.39. The summed E-state index contributed by atoms with van der Waals surface area (Å²) >= 11 is 0. The number of carbonyl (C=O) groups is 3. The third kappa shape index (κ3) is 8.24. The molecule has 7 nitrogen and oxygen atoms in total. The fraction of sp³-hybridized carbons (Fsp3) is 0.296. The maximum atomic E-state index is 12.4. The van der Waals surface area contributed by atoms with Crippen molar-refractivity contribution in [2.45, 2.75) is 38.5 Å². The number of benzene rings is 2. The molecule has 0 aliphatic carbocycles. The van der Waals surface area contributed by atoms with Gasteiger partial charge in [0.15, 0.2) is 0 Å². The number of ether oxygens (including phenoxy) is 2. The quantitative estimate of drug-likeness (QED) is 0.362. The van der Waals surface area contributed by atoms with E-state index >= 15 is 0 Å². The first kappa shape index (κ1) is 26.4. The van der Waals surface area contributed by atoms with Gasteiger partial charge in [0.25, 0.3) is 0 Å². The van der Waals surface area contributed by atoms with Crippen LogP contribution in [-0.2, 0) is 32.1 Å². The number of hydrogen-bond acceptors (Lipinski definition) is 5. The minimum atomic E-state index is -0.850. The first-order valence-electron chi connectivity index (χ1n) is 11.1. The van der Waals surface area contributed by atoms with Crippen molar-refractivity contribution >= 4 is 18.0 Å². The Kier molecular flexibility index (Phi) is 10.6. The average molecular weight is 465 g/mol. The van der Waals surface area contributed by atoms with Gasteiger partial charge >= 0.3 is 12.1 Å². The molecule has 2 rings (SSSR count). The van der Waals surface area contributed by atoms with E-state index in [-0.39, 0.29) is 25.0 Å². The molecule has 3 atom stereocenters. The van der Waals surface area contributed by atoms with Crippen molar-refractivity contribution in [1.82, 2.24) is 10.6 Å². The van der Waals surface area contributed by atoms with Gasteiger partial charge in [-0.3, -0.25) is 4.79 Å². The summed E-state index contributed by atoms with van der Waals surface area (Å²) in [4.78, 5) is 36.9. The fourth-order valence-electron chi connectivity index (χ4n) is 3.27. The van der Waals surface area contributed by atoms with Crippen LogP contribution in [0.5, 0.6) is 0 Å². The van der Waals surface area contributed by atoms with E-state index in [2.05, 4.69) is 23.8 Å². The maximum absolute atomic E-state index is 12.4. The summed E-state index contributed by atoms with van der Waals surface area (Å²) in [6, 6.07) is 15.6. The standard InChI is InChI=1S/C27H32N2O5/c1-5-11-23(29-27(32)34-18-20-12-8-7-9-13-20)22-15-10-14-21(16-22)17-24(26(31)33-4)28-25(30)19(3)6-2/h5-10,12-16,19,23-24H,1-2,11,17-18H2,3-4H3,(H,28,30)(H,29,32)/t19?,23-,24?/m0/s1. The van der Waals surface area contributed by atoms with Crippen LogP contribution in [0.1, 0.15) is 36.1 Å². The van der Waals surface area contributed by atoms with Crippen molar-refractivity contribution in [1.29, 1.82) is 0 Å². The zero-order valence-corrected chi connectivity index (χ0v) is 19.7. The third-order valence-corrected chi connectivity index (χ3v) is 5.27. The molecule has 34 heavy (non-hydrogen) atoms. The molecule has 2 N–H and O–H groups in total. The highest BCUT2D eigenvalue weighted by atomic mass is 16.5. The lowest BCUT2D eigenvalue weighted by molar-refractivity contribution is -0.145. The van der Waals surface area contributed by atoms with E-state index in [9.17, 15) is 14.4 Å². The van der Waals surface area contributed by atoms with Crippen LogP contribution in [-0.4, -0.2) is 31.1 Å². The highest BCUT2D eigenvalue weighted by Gasteiger charge is 2.24. The average Bonchev–Trinajstić information content (AvgIpc) is 2.86. The number of rotatable bonds is 12. The molecule has 2 aromatic rings. The minimum Gasteiger partial charge on any atom is -0.467 e. The Morgan fingerprint density at radius 3 is 2.35 bits per heavy atom. The number of amides is 2. The lowest BCUT2D eigenvalue weighted by atomic mass is 9.98. The zero-order valence-electron chi connectivity index (χ0n) is 19.7. The number of nitrogens with one attached hydrogen (secondary N) is 2. The van der Waals surface area contributed by atoms with Crippen molar-refractivity contribution in [2.75, 3.05) is 7.11 Å². The molecule has 0 aromatic heterocycles. The summed E-state index contributed by atoms with van der Waals surface area (Å²) in [7, 11) is 1.28. The normalized spacial score (nSPS) is 13.0. The molecule has 2 amide bonds. The molecule has 0 heterocycles. The van der Waals surface area contributed by atoms with Crippen LogP contribution in [0.2, 0.25) is 0 Å². The van der Waals surface area contributed by atoms with E-state index in [1.54, 1.807) is 13.0 Å². The molecule has 7 heteroatoms. The second-order valence-electron chi connectivity index (χ2n) is 7.84. The fourth-order valence-corrected chi connectivity index (χ4v) is 3.27. The molecular weight excluding hydrogens is 432 g/mol. The van der Waals surface area contributed by atoms with Crippen LogP contribution in [0.25, 0.3) is 0 Å². The van der Waals surface area contributed by atoms with Gasteiger partial charge in [0.2, 0.25) is 5.91 Å². The second kappa shape index (κ2) is 13.6. The second-order valence-corrected chi connectivity index (χ2v) is 7.84. The predicted octanol–water partition coefficient (Wildman–Crippen LogP) is 4.25. The van der Waals surface area contributed by atoms with Crippen molar-refractivity contribution in [3.8, 4) is 0 Å². The molecule has 0 radical (unpaired) electrons. The summed E-state index contributed by atoms with van der Waals surface area (Å²) in [5.41, 5.74) is 2.51. The third-order valence-electron chi connectivity index (χ3n) is 5.27. The summed E-state index contributed by atoms with van der Waals surface area (Å²) in [5, 5.41) is 5.58. The van der Waals surface area contributed by atoms with Crippen molar-refractivity contribution in [2.24, 2.45) is 5.92 Å². The van der Waals surface area contributed by atoms with Gasteiger partial charge in [0, 0.05) is 6.42 Å². The van der Waals surface area contributed by atoms with Gasteiger partial charge in [-0.05, 0) is 23.1 Å². The van der Waals surface area contributed by atoms with Crippen LogP contribution < -0.4 is 10.6 Å². The number of methoxy groups -OCH3 is 1. The Morgan fingerprint density at radius 1 is 1.00 bits per heavy atom. The van der Waals surface area contributed by atoms with Crippen LogP contribution in [0.4, 0.5) is 4.79 Å². The first-order chi connectivity index (χ1) is 16.4. The smallest absolute Gasteiger partial charge is 0.407 e. The van der Waals surface area contributed by atoms with E-state index in [0.29, 0.717) is 6.42 Å². The first-order valence-corrected chi connectivity index (χ1v) is 11.1. The van der Waals surface area contributed by atoms with Gasteiger partial charge in [-0.2, -0.15) is 0 Å². The zero-order chi connectivity index (χ0) is 24.9. The van der Waals surface area contributed by atoms with Crippen LogP contribution in [0, 0.1) is 5.92 Å². The van der Waals surface area contributed by atoms with Gasteiger partial charge in [0.1, 0.15) is 12.6 Å². The predicted molar refractivity (Wildman–Crippen MR) is 131 cm³/mol. The van der Waals surface area contributed by atoms with Crippen molar-refractivity contribution < 1.29 is 23.9 Å². The van der Waals surface area contributed by atoms with E-state index in [4.69, 9.17) is 9.47 Å². The lowest BCUT2D eigenvalue weighted by Gasteiger charge is -2.21. The highest BCUT2D eigenvalue weighted by molar-refractivity contribution is 5.86. The lowest BCUT2D eigenvalue weighted by Crippen LogP contribution is -2.44. The Morgan fingerprint density at radius 2 is 1.71 bits per heavy atom. The Labute approximate surface area is 200 Å². The van der Waals surface area contributed by atoms with E-state index in [1.165, 1.54) is 13.2 Å². The molecule has 0 aliphatic rings. The van der Waals surface area contributed by atoms with Crippen molar-refractivity contribution in [3.63, 3.8) is 0 Å². The largest absolute Gasteiger partial charge is 0.467 e. The summed E-state index contributed by atoms with van der Waals surface area (Å²) in [5.74, 6) is -1.30. The molecule has 2 unspecified atom stereocenters. The number of alkyl carbamates (subject to hydrolysis) is 1. The monoisotopic (exact) mass is 464 g/mol. The number of carbonyl (C=O) groups excluding carboxylic acids is 3. The minimum absolute atomic E-state index is 0.164. The van der Waals surface area contributed by atoms with E-state index in [1.807, 2.05) is 54.6 Å². The number of esters is 1. The van der Waals surface area contributed by atoms with Crippen LogP contribution in [0.15, 0.2) is 79.9 Å². The Balaban J connectivity index is 2.11. The van der Waals surface area contributed by atoms with Gasteiger partial charge in [0.05, 0.1) is 19.1 Å². The van der Waals surface area contributed by atoms with Crippen LogP contribution in [0.3, 0.4) is 0 Å². The van der Waals surface area contributed by atoms with Gasteiger partial charge < -0.3 is 20.1 Å². The summed E-state index contributed by atoms with van der Waals surface area (Å²) in [6.45, 7) is 9.25. The number of hydrogen-bond donors (Lipinski definition) is 2. The van der Waals surface area contributed by atoms with Gasteiger partial charge in [-0.15, -0.1) is 13.2 Å². The van der Waals surface area contributed by atoms with Gasteiger partial charge in [-0.25, -0.2) is 9.59 Å². The van der Waals surface area contributed by atoms with E-state index in [0.717, 1.165) is 16.7 Å². The molecule has 0 bridgehead atoms. The highest BCUT2D eigenvalue weighted by Crippen LogP contribution is 2.20. The summed E-state index contributed by atoms with van der Waals surface area (Å²) < 4.78 is 10.2. The van der Waals surface area contributed by atoms with Crippen molar-refractivity contribution in [3.05, 3.63) is 96.6 Å². The molecule has 0 aliphatic heterocycles. The Bertz CT molecular complexity index is 990. The maximum Gasteiger partial charge on any atom is 0.407 e. The SMILES string of the molecule is C=CC[C@H](NC(=O)OCc1ccccc1)c1cccc(CC(NC(=O)C(C)C=C)C(=O)OC)c1. The molecule has 180 valence electrons. The van der Waals surface area contributed by atoms with Crippen LogP contribution >= 0.6 is 0 Å². The molecule has 0 saturated heterocycles. The van der Waals surface area contributed by atoms with Gasteiger partial charge in [-0.1, -0.05) is 73.7 Å². The van der Waals surface area contributed by atoms with E-state index < -0.39 is 24.0 Å². The molecule has 0 fully saturated rings. The Hall–Kier alpha value is -3.87. The molecular formula is C27H32N2O5. The molecule has 2 aromatic carbocycles. The molecule has 0 saturated carbocycles. The topological polar surface area (TPSA) is 93.7 Å².